The maximum Gasteiger partial charge on any atom is 0.136 e. The molecule has 0 aliphatic carbocycles. The molecule has 0 aliphatic rings. The molecule has 0 N–H and O–H groups in total. The van der Waals surface area contributed by atoms with Crippen LogP contribution in [0.1, 0.15) is 0 Å². The van der Waals surface area contributed by atoms with Gasteiger partial charge in [0.05, 0.1) is 16.7 Å². The number of aromatic nitrogens is 1. The minimum absolute atomic E-state index is 0.870. The van der Waals surface area contributed by atoms with Crippen molar-refractivity contribution in [1.29, 1.82) is 0 Å². The second-order valence-corrected chi connectivity index (χ2v) is 15.7. The highest BCUT2D eigenvalue weighted by atomic mass is 16.3. The number of hydrogen-bond acceptors (Lipinski definition) is 2. The molecule has 0 atom stereocenters. The predicted molar refractivity (Wildman–Crippen MR) is 257 cm³/mol. The van der Waals surface area contributed by atoms with Crippen molar-refractivity contribution in [3.05, 3.63) is 231 Å². The molecule has 12 aromatic rings. The van der Waals surface area contributed by atoms with E-state index in [4.69, 9.17) is 4.42 Å². The average molecular weight is 779 g/mol. The Balaban J connectivity index is 1.15. The number of hydrogen-bond donors (Lipinski definition) is 0. The standard InChI is InChI=1S/C58H38N2O/c1-3-13-39(14-4-1)42-23-29-46(30-24-42)59(47-31-25-43(26-32-47)40-15-5-2-6-16-40)55-38-56-53(37-52(55)45-28-34-51-50-20-10-12-22-57(50)61-58(51)36-45)49-19-9-11-21-54(49)60(56)48-33-27-41-17-7-8-18-44(41)35-48/h1-38H. The minimum atomic E-state index is 0.870. The second-order valence-electron chi connectivity index (χ2n) is 15.7. The third-order valence-corrected chi connectivity index (χ3v) is 12.2. The van der Waals surface area contributed by atoms with Gasteiger partial charge in [-0.05, 0) is 111 Å². The summed E-state index contributed by atoms with van der Waals surface area (Å²) in [5.41, 5.74) is 15.3. The van der Waals surface area contributed by atoms with Gasteiger partial charge in [-0.2, -0.15) is 0 Å². The lowest BCUT2D eigenvalue weighted by Gasteiger charge is -2.29. The number of para-hydroxylation sites is 2. The number of benzene rings is 10. The fraction of sp³-hybridized carbons (Fsp3) is 0. The maximum atomic E-state index is 6.53. The van der Waals surface area contributed by atoms with Gasteiger partial charge in [-0.1, -0.05) is 158 Å². The van der Waals surface area contributed by atoms with Crippen molar-refractivity contribution in [1.82, 2.24) is 4.57 Å². The van der Waals surface area contributed by atoms with Gasteiger partial charge >= 0.3 is 0 Å². The quantitative estimate of drug-likeness (QED) is 0.161. The van der Waals surface area contributed by atoms with Crippen LogP contribution in [-0.4, -0.2) is 4.57 Å². The van der Waals surface area contributed by atoms with Crippen LogP contribution in [0.15, 0.2) is 235 Å². The molecule has 0 radical (unpaired) electrons. The second kappa shape index (κ2) is 14.3. The first kappa shape index (κ1) is 34.9. The van der Waals surface area contributed by atoms with Crippen molar-refractivity contribution < 1.29 is 4.42 Å². The summed E-state index contributed by atoms with van der Waals surface area (Å²) in [6.45, 7) is 0. The first-order valence-electron chi connectivity index (χ1n) is 20.8. The van der Waals surface area contributed by atoms with Crippen LogP contribution in [0.2, 0.25) is 0 Å². The van der Waals surface area contributed by atoms with Gasteiger partial charge in [-0.3, -0.25) is 0 Å². The molecule has 2 aromatic heterocycles. The van der Waals surface area contributed by atoms with Crippen molar-refractivity contribution in [2.75, 3.05) is 4.90 Å². The monoisotopic (exact) mass is 778 g/mol. The topological polar surface area (TPSA) is 21.3 Å². The van der Waals surface area contributed by atoms with Crippen LogP contribution in [0, 0.1) is 0 Å². The third-order valence-electron chi connectivity index (χ3n) is 12.2. The molecule has 0 saturated heterocycles. The predicted octanol–water partition coefficient (Wildman–Crippen LogP) is 16.3. The Labute approximate surface area is 353 Å². The Morgan fingerprint density at radius 1 is 0.328 bits per heavy atom. The normalized spacial score (nSPS) is 11.6. The minimum Gasteiger partial charge on any atom is -0.456 e. The van der Waals surface area contributed by atoms with Crippen LogP contribution in [0.3, 0.4) is 0 Å². The van der Waals surface area contributed by atoms with Crippen molar-refractivity contribution in [3.63, 3.8) is 0 Å². The third kappa shape index (κ3) is 5.98. The largest absolute Gasteiger partial charge is 0.456 e. The van der Waals surface area contributed by atoms with Crippen LogP contribution >= 0.6 is 0 Å². The summed E-state index contributed by atoms with van der Waals surface area (Å²) in [5.74, 6) is 0. The van der Waals surface area contributed by atoms with Gasteiger partial charge in [0, 0.05) is 44.2 Å². The number of fused-ring (bicyclic) bond motifs is 7. The lowest BCUT2D eigenvalue weighted by atomic mass is 9.97. The first-order valence-corrected chi connectivity index (χ1v) is 20.8. The Kier molecular flexibility index (Phi) is 8.17. The van der Waals surface area contributed by atoms with E-state index in [1.807, 2.05) is 12.1 Å². The number of rotatable bonds is 7. The fourth-order valence-electron chi connectivity index (χ4n) is 9.20. The van der Waals surface area contributed by atoms with Gasteiger partial charge in [0.1, 0.15) is 11.2 Å². The van der Waals surface area contributed by atoms with E-state index in [2.05, 4.69) is 228 Å². The molecule has 10 aromatic carbocycles. The van der Waals surface area contributed by atoms with Crippen molar-refractivity contribution >= 4 is 71.6 Å². The molecule has 0 spiro atoms. The van der Waals surface area contributed by atoms with Crippen LogP contribution in [0.5, 0.6) is 0 Å². The van der Waals surface area contributed by atoms with Gasteiger partial charge in [0.25, 0.3) is 0 Å². The molecular formula is C58H38N2O. The smallest absolute Gasteiger partial charge is 0.136 e. The molecule has 286 valence electrons. The van der Waals surface area contributed by atoms with Crippen LogP contribution in [0.4, 0.5) is 17.1 Å². The van der Waals surface area contributed by atoms with E-state index in [0.717, 1.165) is 66.8 Å². The highest BCUT2D eigenvalue weighted by Gasteiger charge is 2.23. The Bertz CT molecular complexity index is 3480. The van der Waals surface area contributed by atoms with E-state index in [0.29, 0.717) is 0 Å². The van der Waals surface area contributed by atoms with E-state index in [1.165, 1.54) is 43.8 Å². The van der Waals surface area contributed by atoms with Crippen LogP contribution in [0.25, 0.3) is 93.6 Å². The number of furan rings is 1. The lowest BCUT2D eigenvalue weighted by molar-refractivity contribution is 0.669. The summed E-state index contributed by atoms with van der Waals surface area (Å²) in [7, 11) is 0. The van der Waals surface area contributed by atoms with Gasteiger partial charge in [0.2, 0.25) is 0 Å². The van der Waals surface area contributed by atoms with Crippen molar-refractivity contribution in [3.8, 4) is 39.1 Å². The number of nitrogens with zero attached hydrogens (tertiary/aromatic N) is 2. The highest BCUT2D eigenvalue weighted by Crippen LogP contribution is 2.47. The van der Waals surface area contributed by atoms with Crippen molar-refractivity contribution in [2.45, 2.75) is 0 Å². The molecule has 61 heavy (non-hydrogen) atoms. The van der Waals surface area contributed by atoms with E-state index in [9.17, 15) is 0 Å². The van der Waals surface area contributed by atoms with E-state index in [-0.39, 0.29) is 0 Å². The Morgan fingerprint density at radius 3 is 1.59 bits per heavy atom. The Morgan fingerprint density at radius 2 is 0.885 bits per heavy atom. The summed E-state index contributed by atoms with van der Waals surface area (Å²) in [5, 5.41) is 7.05. The molecule has 3 nitrogen and oxygen atoms in total. The summed E-state index contributed by atoms with van der Waals surface area (Å²) >= 11 is 0. The molecular weight excluding hydrogens is 741 g/mol. The molecule has 0 saturated carbocycles. The molecule has 0 bridgehead atoms. The molecule has 0 unspecified atom stereocenters. The maximum absolute atomic E-state index is 6.53. The highest BCUT2D eigenvalue weighted by molar-refractivity contribution is 6.14. The zero-order valence-corrected chi connectivity index (χ0v) is 33.2. The van der Waals surface area contributed by atoms with E-state index < -0.39 is 0 Å². The zero-order chi connectivity index (χ0) is 40.3. The summed E-state index contributed by atoms with van der Waals surface area (Å²) in [6.07, 6.45) is 0. The molecule has 3 heteroatoms. The summed E-state index contributed by atoms with van der Waals surface area (Å²) in [4.78, 5) is 2.42. The Hall–Kier alpha value is -8.14. The molecule has 2 heterocycles. The van der Waals surface area contributed by atoms with Gasteiger partial charge < -0.3 is 13.9 Å². The molecule has 0 aliphatic heterocycles. The SMILES string of the molecule is c1ccc(-c2ccc(N(c3ccc(-c4ccccc4)cc3)c3cc4c(cc3-c3ccc5c(c3)oc3ccccc35)c3ccccc3n4-c3ccc4ccccc4c3)cc2)cc1. The fourth-order valence-corrected chi connectivity index (χ4v) is 9.20. The van der Waals surface area contributed by atoms with Crippen LogP contribution < -0.4 is 4.90 Å². The van der Waals surface area contributed by atoms with Gasteiger partial charge in [-0.15, -0.1) is 0 Å². The lowest BCUT2D eigenvalue weighted by Crippen LogP contribution is -2.11. The van der Waals surface area contributed by atoms with E-state index in [1.54, 1.807) is 0 Å². The number of anilines is 3. The zero-order valence-electron chi connectivity index (χ0n) is 33.2. The van der Waals surface area contributed by atoms with Gasteiger partial charge in [-0.25, -0.2) is 0 Å². The summed E-state index contributed by atoms with van der Waals surface area (Å²) < 4.78 is 8.96. The molecule has 12 rings (SSSR count). The first-order chi connectivity index (χ1) is 30.2. The summed E-state index contributed by atoms with van der Waals surface area (Å²) in [6, 6.07) is 83.1. The van der Waals surface area contributed by atoms with E-state index >= 15 is 0 Å². The molecule has 0 fully saturated rings. The molecule has 0 amide bonds. The van der Waals surface area contributed by atoms with Gasteiger partial charge in [0.15, 0.2) is 0 Å². The van der Waals surface area contributed by atoms with Crippen LogP contribution in [-0.2, 0) is 0 Å². The average Bonchev–Trinajstić information content (AvgIpc) is 3.87. The van der Waals surface area contributed by atoms with Crippen molar-refractivity contribution in [2.24, 2.45) is 0 Å².